The summed E-state index contributed by atoms with van der Waals surface area (Å²) in [5.41, 5.74) is 6.56. The monoisotopic (exact) mass is 334 g/mol. The Hall–Kier alpha value is -2.18. The first-order valence-electron chi connectivity index (χ1n) is 7.95. The number of nitrogens with two attached hydrogens (primary N) is 1. The predicted octanol–water partition coefficient (Wildman–Crippen LogP) is 3.18. The molecular weight excluding hydrogens is 314 g/mol. The summed E-state index contributed by atoms with van der Waals surface area (Å²) in [6.07, 6.45) is 0.971. The van der Waals surface area contributed by atoms with Crippen LogP contribution in [0.3, 0.4) is 0 Å². The molecule has 0 aliphatic carbocycles. The molecule has 0 atom stereocenters. The fraction of sp³-hybridized carbons (Fsp3) is 0.333. The van der Waals surface area contributed by atoms with E-state index < -0.39 is 11.6 Å². The first kappa shape index (κ1) is 16.7. The maximum atomic E-state index is 14.4. The van der Waals surface area contributed by atoms with Gasteiger partial charge in [-0.15, -0.1) is 0 Å². The molecule has 0 aromatic heterocycles. The van der Waals surface area contributed by atoms with Crippen LogP contribution in [0.1, 0.15) is 18.4 Å². The zero-order valence-electron chi connectivity index (χ0n) is 13.2. The molecule has 1 fully saturated rings. The van der Waals surface area contributed by atoms with Crippen molar-refractivity contribution < 1.29 is 18.6 Å². The van der Waals surface area contributed by atoms with Gasteiger partial charge in [0.1, 0.15) is 23.1 Å². The van der Waals surface area contributed by atoms with Crippen molar-refractivity contribution in [3.63, 3.8) is 0 Å². The van der Waals surface area contributed by atoms with Gasteiger partial charge >= 0.3 is 0 Å². The van der Waals surface area contributed by atoms with Crippen LogP contribution in [0.25, 0.3) is 0 Å². The lowest BCUT2D eigenvalue weighted by Crippen LogP contribution is -2.35. The van der Waals surface area contributed by atoms with Gasteiger partial charge in [-0.25, -0.2) is 8.78 Å². The lowest BCUT2D eigenvalue weighted by Gasteiger charge is -2.32. The molecule has 2 aromatic rings. The Balaban J connectivity index is 1.91. The zero-order chi connectivity index (χ0) is 17.1. The Morgan fingerprint density at radius 1 is 1.17 bits per heavy atom. The molecule has 0 unspecified atom stereocenters. The van der Waals surface area contributed by atoms with E-state index in [9.17, 15) is 13.9 Å². The van der Waals surface area contributed by atoms with E-state index in [4.69, 9.17) is 10.5 Å². The number of hydrogen-bond donors (Lipinski definition) is 2. The van der Waals surface area contributed by atoms with Crippen LogP contribution < -0.4 is 15.4 Å². The fourth-order valence-electron chi connectivity index (χ4n) is 2.85. The SMILES string of the molecule is NCc1c(F)cc(N2CCC(O)CC2)cc1Oc1cccc(F)c1. The molecule has 0 amide bonds. The van der Waals surface area contributed by atoms with E-state index in [2.05, 4.69) is 0 Å². The van der Waals surface area contributed by atoms with Gasteiger partial charge in [0.25, 0.3) is 0 Å². The van der Waals surface area contributed by atoms with Crippen LogP contribution in [0.4, 0.5) is 14.5 Å². The van der Waals surface area contributed by atoms with Crippen LogP contribution >= 0.6 is 0 Å². The summed E-state index contributed by atoms with van der Waals surface area (Å²) in [4.78, 5) is 1.99. The highest BCUT2D eigenvalue weighted by Gasteiger charge is 2.20. The Kier molecular flexibility index (Phi) is 4.97. The molecule has 3 N–H and O–H groups in total. The molecule has 1 aliphatic rings. The van der Waals surface area contributed by atoms with Crippen LogP contribution in [0.15, 0.2) is 36.4 Å². The molecular formula is C18H20F2N2O2. The number of hydrogen-bond acceptors (Lipinski definition) is 4. The Morgan fingerprint density at radius 3 is 2.58 bits per heavy atom. The molecule has 24 heavy (non-hydrogen) atoms. The summed E-state index contributed by atoms with van der Waals surface area (Å²) < 4.78 is 33.4. The van der Waals surface area contributed by atoms with E-state index in [-0.39, 0.29) is 29.7 Å². The van der Waals surface area contributed by atoms with Crippen LogP contribution in [0.5, 0.6) is 11.5 Å². The van der Waals surface area contributed by atoms with Crippen LogP contribution in [-0.2, 0) is 6.54 Å². The second-order valence-electron chi connectivity index (χ2n) is 5.89. The van der Waals surface area contributed by atoms with Crippen molar-refractivity contribution in [2.24, 2.45) is 5.73 Å². The van der Waals surface area contributed by atoms with Crippen molar-refractivity contribution in [3.8, 4) is 11.5 Å². The highest BCUT2D eigenvalue weighted by Crippen LogP contribution is 2.33. The van der Waals surface area contributed by atoms with Gasteiger partial charge in [0, 0.05) is 43.0 Å². The van der Waals surface area contributed by atoms with Crippen LogP contribution in [0.2, 0.25) is 0 Å². The average molecular weight is 334 g/mol. The smallest absolute Gasteiger partial charge is 0.136 e. The van der Waals surface area contributed by atoms with Gasteiger partial charge in [-0.2, -0.15) is 0 Å². The van der Waals surface area contributed by atoms with Gasteiger partial charge in [-0.1, -0.05) is 6.07 Å². The maximum absolute atomic E-state index is 14.4. The summed E-state index contributed by atoms with van der Waals surface area (Å²) in [5.74, 6) is -0.310. The first-order chi connectivity index (χ1) is 11.6. The summed E-state index contributed by atoms with van der Waals surface area (Å²) in [7, 11) is 0. The van der Waals surface area contributed by atoms with E-state index in [0.29, 0.717) is 31.6 Å². The lowest BCUT2D eigenvalue weighted by molar-refractivity contribution is 0.145. The number of ether oxygens (including phenoxy) is 1. The minimum atomic E-state index is -0.451. The molecule has 0 saturated carbocycles. The Bertz CT molecular complexity index is 716. The topological polar surface area (TPSA) is 58.7 Å². The van der Waals surface area contributed by atoms with Crippen LogP contribution in [-0.4, -0.2) is 24.3 Å². The third-order valence-corrected chi connectivity index (χ3v) is 4.20. The molecule has 1 saturated heterocycles. The molecule has 0 radical (unpaired) electrons. The third kappa shape index (κ3) is 3.66. The minimum absolute atomic E-state index is 0.0184. The fourth-order valence-corrected chi connectivity index (χ4v) is 2.85. The van der Waals surface area contributed by atoms with Gasteiger partial charge < -0.3 is 20.5 Å². The van der Waals surface area contributed by atoms with Crippen molar-refractivity contribution in [1.29, 1.82) is 0 Å². The Labute approximate surface area is 139 Å². The molecule has 0 bridgehead atoms. The zero-order valence-corrected chi connectivity index (χ0v) is 13.2. The second kappa shape index (κ2) is 7.15. The predicted molar refractivity (Wildman–Crippen MR) is 88.2 cm³/mol. The summed E-state index contributed by atoms with van der Waals surface area (Å²) in [5, 5.41) is 9.61. The highest BCUT2D eigenvalue weighted by molar-refractivity contribution is 5.55. The molecule has 0 spiro atoms. The quantitative estimate of drug-likeness (QED) is 0.902. The van der Waals surface area contributed by atoms with Crippen molar-refractivity contribution >= 4 is 5.69 Å². The van der Waals surface area contributed by atoms with Gasteiger partial charge in [0.05, 0.1) is 6.10 Å². The Morgan fingerprint density at radius 2 is 1.92 bits per heavy atom. The van der Waals surface area contributed by atoms with Crippen molar-refractivity contribution in [3.05, 3.63) is 53.6 Å². The number of halogens is 2. The average Bonchev–Trinajstić information content (AvgIpc) is 2.55. The number of benzene rings is 2. The summed E-state index contributed by atoms with van der Waals surface area (Å²) in [6.45, 7) is 1.26. The number of rotatable bonds is 4. The number of aliphatic hydroxyl groups is 1. The maximum Gasteiger partial charge on any atom is 0.136 e. The molecule has 2 aromatic carbocycles. The van der Waals surface area contributed by atoms with E-state index in [1.54, 1.807) is 12.1 Å². The van der Waals surface area contributed by atoms with Gasteiger partial charge in [0.15, 0.2) is 0 Å². The summed E-state index contributed by atoms with van der Waals surface area (Å²) >= 11 is 0. The van der Waals surface area contributed by atoms with Crippen molar-refractivity contribution in [2.75, 3.05) is 18.0 Å². The number of anilines is 1. The molecule has 128 valence electrons. The van der Waals surface area contributed by atoms with Gasteiger partial charge in [-0.05, 0) is 31.0 Å². The summed E-state index contributed by atoms with van der Waals surface area (Å²) in [6, 6.07) is 8.82. The van der Waals surface area contributed by atoms with Gasteiger partial charge in [-0.3, -0.25) is 0 Å². The normalized spacial score (nSPS) is 15.6. The van der Waals surface area contributed by atoms with Gasteiger partial charge in [0.2, 0.25) is 0 Å². The van der Waals surface area contributed by atoms with E-state index in [1.807, 2.05) is 4.90 Å². The highest BCUT2D eigenvalue weighted by atomic mass is 19.1. The molecule has 4 nitrogen and oxygen atoms in total. The standard InChI is InChI=1S/C18H20F2N2O2/c19-12-2-1-3-15(8-12)24-18-10-13(9-17(20)16(18)11-21)22-6-4-14(23)5-7-22/h1-3,8-10,14,23H,4-7,11,21H2. The van der Waals surface area contributed by atoms with E-state index >= 15 is 0 Å². The van der Waals surface area contributed by atoms with Crippen molar-refractivity contribution in [2.45, 2.75) is 25.5 Å². The number of aliphatic hydroxyl groups excluding tert-OH is 1. The van der Waals surface area contributed by atoms with E-state index in [1.165, 1.54) is 24.3 Å². The molecule has 1 aliphatic heterocycles. The van der Waals surface area contributed by atoms with Crippen LogP contribution in [0, 0.1) is 11.6 Å². The second-order valence-corrected chi connectivity index (χ2v) is 5.89. The lowest BCUT2D eigenvalue weighted by atomic mass is 10.1. The minimum Gasteiger partial charge on any atom is -0.457 e. The first-order valence-corrected chi connectivity index (χ1v) is 7.95. The molecule has 3 rings (SSSR count). The number of nitrogens with zero attached hydrogens (tertiary/aromatic N) is 1. The van der Waals surface area contributed by atoms with Crippen molar-refractivity contribution in [1.82, 2.24) is 0 Å². The number of piperidine rings is 1. The molecule has 1 heterocycles. The largest absolute Gasteiger partial charge is 0.457 e. The molecule has 6 heteroatoms. The van der Waals surface area contributed by atoms with E-state index in [0.717, 1.165) is 0 Å². The third-order valence-electron chi connectivity index (χ3n) is 4.20.